The first kappa shape index (κ1) is 16.3. The zero-order valence-corrected chi connectivity index (χ0v) is 14.4. The van der Waals surface area contributed by atoms with E-state index in [1.165, 1.54) is 45.2 Å². The van der Waals surface area contributed by atoms with Gasteiger partial charge in [-0.15, -0.1) is 0 Å². The Kier molecular flexibility index (Phi) is 5.08. The number of piperidine rings is 2. The quantitative estimate of drug-likeness (QED) is 0.867. The third-order valence-electron chi connectivity index (χ3n) is 6.12. The molecule has 0 unspecified atom stereocenters. The summed E-state index contributed by atoms with van der Waals surface area (Å²) in [4.78, 5) is 17.7. The van der Waals surface area contributed by atoms with Gasteiger partial charge < -0.3 is 15.1 Å². The van der Waals surface area contributed by atoms with Crippen molar-refractivity contribution in [3.63, 3.8) is 0 Å². The van der Waals surface area contributed by atoms with Gasteiger partial charge in [-0.25, -0.2) is 0 Å². The van der Waals surface area contributed by atoms with Gasteiger partial charge in [0.25, 0.3) is 0 Å². The van der Waals surface area contributed by atoms with Crippen LogP contribution in [0.5, 0.6) is 0 Å². The fraction of sp³-hybridized carbons (Fsp3) is 0.944. The van der Waals surface area contributed by atoms with E-state index in [1.807, 2.05) is 0 Å². The maximum atomic E-state index is 12.9. The van der Waals surface area contributed by atoms with Crippen molar-refractivity contribution in [3.8, 4) is 0 Å². The summed E-state index contributed by atoms with van der Waals surface area (Å²) in [6, 6.07) is 0.733. The zero-order chi connectivity index (χ0) is 15.6. The molecule has 22 heavy (non-hydrogen) atoms. The second-order valence-corrected chi connectivity index (χ2v) is 8.09. The second-order valence-electron chi connectivity index (χ2n) is 8.09. The Labute approximate surface area is 135 Å². The number of hydrogen-bond donors (Lipinski definition) is 1. The van der Waals surface area contributed by atoms with Crippen LogP contribution >= 0.6 is 0 Å². The summed E-state index contributed by atoms with van der Waals surface area (Å²) in [7, 11) is 0. The van der Waals surface area contributed by atoms with Crippen molar-refractivity contribution >= 4 is 5.91 Å². The summed E-state index contributed by atoms with van der Waals surface area (Å²) >= 11 is 0. The van der Waals surface area contributed by atoms with Gasteiger partial charge in [-0.2, -0.15) is 0 Å². The van der Waals surface area contributed by atoms with Gasteiger partial charge in [0.15, 0.2) is 0 Å². The van der Waals surface area contributed by atoms with Crippen molar-refractivity contribution in [1.82, 2.24) is 15.1 Å². The van der Waals surface area contributed by atoms with Crippen LogP contribution in [0.4, 0.5) is 0 Å². The van der Waals surface area contributed by atoms with Gasteiger partial charge in [0.2, 0.25) is 5.91 Å². The molecule has 0 aromatic rings. The summed E-state index contributed by atoms with van der Waals surface area (Å²) in [5.41, 5.74) is -0.152. The summed E-state index contributed by atoms with van der Waals surface area (Å²) in [6.07, 6.45) is 7.56. The van der Waals surface area contributed by atoms with Gasteiger partial charge in [-0.05, 0) is 65.0 Å². The van der Waals surface area contributed by atoms with Crippen molar-refractivity contribution in [1.29, 1.82) is 0 Å². The standard InChI is InChI=1S/C18H33N3O/c1-15-6-3-4-10-20(15)12-16-7-5-11-21(13-16)17(22)18(2)8-9-19-14-18/h15-16,19H,3-14H2,1-2H3/t15-,16+,18+/m1/s1. The van der Waals surface area contributed by atoms with Gasteiger partial charge in [0.05, 0.1) is 5.41 Å². The van der Waals surface area contributed by atoms with Crippen LogP contribution in [0.25, 0.3) is 0 Å². The number of rotatable bonds is 3. The first-order valence-corrected chi connectivity index (χ1v) is 9.33. The molecule has 0 aromatic carbocycles. The van der Waals surface area contributed by atoms with E-state index in [4.69, 9.17) is 0 Å². The van der Waals surface area contributed by atoms with Gasteiger partial charge >= 0.3 is 0 Å². The molecule has 3 saturated heterocycles. The number of nitrogens with one attached hydrogen (secondary N) is 1. The van der Waals surface area contributed by atoms with E-state index in [-0.39, 0.29) is 5.41 Å². The Morgan fingerprint density at radius 1 is 1.23 bits per heavy atom. The monoisotopic (exact) mass is 307 g/mol. The summed E-state index contributed by atoms with van der Waals surface area (Å²) in [5, 5.41) is 3.36. The van der Waals surface area contributed by atoms with Crippen LogP contribution in [0.15, 0.2) is 0 Å². The van der Waals surface area contributed by atoms with E-state index in [0.717, 1.165) is 38.6 Å². The molecule has 0 spiro atoms. The summed E-state index contributed by atoms with van der Waals surface area (Å²) in [6.45, 7) is 10.8. The Morgan fingerprint density at radius 2 is 2.09 bits per heavy atom. The number of nitrogens with zero attached hydrogens (tertiary/aromatic N) is 2. The third kappa shape index (κ3) is 3.48. The number of amides is 1. The van der Waals surface area contributed by atoms with Crippen LogP contribution < -0.4 is 5.32 Å². The van der Waals surface area contributed by atoms with Crippen LogP contribution in [0.3, 0.4) is 0 Å². The Hall–Kier alpha value is -0.610. The molecule has 3 aliphatic heterocycles. The minimum atomic E-state index is -0.152. The maximum Gasteiger partial charge on any atom is 0.229 e. The van der Waals surface area contributed by atoms with Crippen LogP contribution in [-0.4, -0.2) is 61.0 Å². The van der Waals surface area contributed by atoms with Crippen molar-refractivity contribution in [2.24, 2.45) is 11.3 Å². The predicted molar refractivity (Wildman–Crippen MR) is 89.8 cm³/mol. The average Bonchev–Trinajstić information content (AvgIpc) is 2.97. The lowest BCUT2D eigenvalue weighted by molar-refractivity contribution is -0.142. The molecule has 0 bridgehead atoms. The smallest absolute Gasteiger partial charge is 0.229 e. The SMILES string of the molecule is C[C@@H]1CCCCN1C[C@@H]1CCCN(C(=O)[C@@]2(C)CCNC2)C1. The lowest BCUT2D eigenvalue weighted by Gasteiger charge is -2.41. The number of carbonyl (C=O) groups is 1. The number of hydrogen-bond acceptors (Lipinski definition) is 3. The molecular weight excluding hydrogens is 274 g/mol. The molecular formula is C18H33N3O. The lowest BCUT2D eigenvalue weighted by atomic mass is 9.86. The van der Waals surface area contributed by atoms with Gasteiger partial charge in [-0.3, -0.25) is 4.79 Å². The first-order chi connectivity index (χ1) is 10.6. The molecule has 0 radical (unpaired) electrons. The van der Waals surface area contributed by atoms with Crippen LogP contribution in [0.2, 0.25) is 0 Å². The fourth-order valence-corrected chi connectivity index (χ4v) is 4.54. The van der Waals surface area contributed by atoms with Crippen molar-refractivity contribution in [3.05, 3.63) is 0 Å². The molecule has 4 heteroatoms. The summed E-state index contributed by atoms with van der Waals surface area (Å²) < 4.78 is 0. The van der Waals surface area contributed by atoms with E-state index < -0.39 is 0 Å². The van der Waals surface area contributed by atoms with E-state index in [2.05, 4.69) is 29.0 Å². The highest BCUT2D eigenvalue weighted by Crippen LogP contribution is 2.30. The van der Waals surface area contributed by atoms with E-state index >= 15 is 0 Å². The third-order valence-corrected chi connectivity index (χ3v) is 6.12. The Morgan fingerprint density at radius 3 is 2.82 bits per heavy atom. The molecule has 3 rings (SSSR count). The van der Waals surface area contributed by atoms with Crippen molar-refractivity contribution in [2.75, 3.05) is 39.3 Å². The molecule has 4 nitrogen and oxygen atoms in total. The number of carbonyl (C=O) groups excluding carboxylic acids is 1. The molecule has 0 saturated carbocycles. The molecule has 0 aliphatic carbocycles. The molecule has 0 aromatic heterocycles. The van der Waals surface area contributed by atoms with Crippen LogP contribution in [0.1, 0.15) is 52.4 Å². The fourth-order valence-electron chi connectivity index (χ4n) is 4.54. The number of likely N-dealkylation sites (tertiary alicyclic amines) is 2. The maximum absolute atomic E-state index is 12.9. The van der Waals surface area contributed by atoms with Crippen molar-refractivity contribution in [2.45, 2.75) is 58.4 Å². The second kappa shape index (κ2) is 6.88. The zero-order valence-electron chi connectivity index (χ0n) is 14.4. The highest BCUT2D eigenvalue weighted by Gasteiger charge is 2.40. The molecule has 3 heterocycles. The highest BCUT2D eigenvalue weighted by molar-refractivity contribution is 5.83. The van der Waals surface area contributed by atoms with E-state index in [0.29, 0.717) is 11.8 Å². The molecule has 3 atom stereocenters. The van der Waals surface area contributed by atoms with Crippen LogP contribution in [0, 0.1) is 11.3 Å². The molecule has 1 N–H and O–H groups in total. The topological polar surface area (TPSA) is 35.6 Å². The minimum Gasteiger partial charge on any atom is -0.342 e. The largest absolute Gasteiger partial charge is 0.342 e. The molecule has 1 amide bonds. The first-order valence-electron chi connectivity index (χ1n) is 9.33. The van der Waals surface area contributed by atoms with E-state index in [1.54, 1.807) is 0 Å². The van der Waals surface area contributed by atoms with Gasteiger partial charge in [0, 0.05) is 32.2 Å². The van der Waals surface area contributed by atoms with Crippen molar-refractivity contribution < 1.29 is 4.79 Å². The predicted octanol–water partition coefficient (Wildman–Crippen LogP) is 2.10. The Bertz CT molecular complexity index is 392. The molecule has 3 fully saturated rings. The normalized spacial score (nSPS) is 37.5. The summed E-state index contributed by atoms with van der Waals surface area (Å²) in [5.74, 6) is 1.07. The van der Waals surface area contributed by atoms with Gasteiger partial charge in [0.1, 0.15) is 0 Å². The van der Waals surface area contributed by atoms with E-state index in [9.17, 15) is 4.79 Å². The highest BCUT2D eigenvalue weighted by atomic mass is 16.2. The Balaban J connectivity index is 1.56. The average molecular weight is 307 g/mol. The minimum absolute atomic E-state index is 0.152. The molecule has 3 aliphatic rings. The van der Waals surface area contributed by atoms with Gasteiger partial charge in [-0.1, -0.05) is 6.42 Å². The molecule has 126 valence electrons. The van der Waals surface area contributed by atoms with Crippen LogP contribution in [-0.2, 0) is 4.79 Å². The lowest BCUT2D eigenvalue weighted by Crippen LogP contribution is -2.50.